The molecule has 6 rings (SSSR count). The minimum atomic E-state index is -0.469. The van der Waals surface area contributed by atoms with E-state index in [0.717, 1.165) is 59.3 Å². The van der Waals surface area contributed by atoms with Crippen LogP contribution < -0.4 is 11.1 Å². The third kappa shape index (κ3) is 4.89. The molecule has 1 aliphatic carbocycles. The molecule has 0 bridgehead atoms. The molecular weight excluding hydrogens is 537 g/mol. The van der Waals surface area contributed by atoms with E-state index in [1.54, 1.807) is 17.5 Å². The van der Waals surface area contributed by atoms with Crippen LogP contribution in [0.2, 0.25) is 0 Å². The summed E-state index contributed by atoms with van der Waals surface area (Å²) in [5, 5.41) is 17.9. The first-order valence-electron chi connectivity index (χ1n) is 13.4. The molecule has 2 aliphatic rings. The Balaban J connectivity index is 1.28. The summed E-state index contributed by atoms with van der Waals surface area (Å²) in [6, 6.07) is 22.1. The fourth-order valence-electron chi connectivity index (χ4n) is 5.91. The number of nitrogens with one attached hydrogen (secondary N) is 1. The molecule has 9 heteroatoms. The van der Waals surface area contributed by atoms with Gasteiger partial charge in [-0.2, -0.15) is 5.26 Å². The molecule has 4 aromatic rings. The van der Waals surface area contributed by atoms with Crippen LogP contribution in [0.5, 0.6) is 0 Å². The molecule has 1 amide bonds. The minimum absolute atomic E-state index is 0.108. The summed E-state index contributed by atoms with van der Waals surface area (Å²) in [6.45, 7) is 0. The SMILES string of the molecule is N#CC1=C(SCC(=O)Nc2cccc3cccnc23)N=C(N)C(c2nc(-c3ccccc3)cs2)C12CCCCC2. The zero-order valence-electron chi connectivity index (χ0n) is 21.8. The molecule has 1 saturated carbocycles. The first-order valence-corrected chi connectivity index (χ1v) is 15.2. The number of nitriles is 1. The van der Waals surface area contributed by atoms with Crippen molar-refractivity contribution < 1.29 is 4.79 Å². The fourth-order valence-corrected chi connectivity index (χ4v) is 7.87. The summed E-state index contributed by atoms with van der Waals surface area (Å²) in [5.74, 6) is 0.131. The number of aliphatic imine (C=N–C) groups is 1. The molecule has 2 aromatic heterocycles. The molecule has 3 heterocycles. The highest BCUT2D eigenvalue weighted by Crippen LogP contribution is 2.56. The molecule has 2 aromatic carbocycles. The van der Waals surface area contributed by atoms with Crippen LogP contribution in [0.1, 0.15) is 43.0 Å². The Bertz CT molecular complexity index is 1660. The van der Waals surface area contributed by atoms with Gasteiger partial charge in [-0.1, -0.05) is 79.6 Å². The predicted octanol–water partition coefficient (Wildman–Crippen LogP) is 6.87. The van der Waals surface area contributed by atoms with Gasteiger partial charge in [-0.15, -0.1) is 11.3 Å². The summed E-state index contributed by atoms with van der Waals surface area (Å²) in [4.78, 5) is 27.2. The highest BCUT2D eigenvalue weighted by Gasteiger charge is 2.50. The van der Waals surface area contributed by atoms with E-state index in [9.17, 15) is 10.1 Å². The molecule has 0 saturated heterocycles. The van der Waals surface area contributed by atoms with Gasteiger partial charge in [-0.25, -0.2) is 9.98 Å². The van der Waals surface area contributed by atoms with E-state index in [0.29, 0.717) is 22.1 Å². The van der Waals surface area contributed by atoms with Gasteiger partial charge in [-0.05, 0) is 25.0 Å². The molecule has 1 spiro atoms. The van der Waals surface area contributed by atoms with Crippen molar-refractivity contribution in [3.05, 3.63) is 87.9 Å². The van der Waals surface area contributed by atoms with Gasteiger partial charge in [0, 0.05) is 27.9 Å². The number of aromatic nitrogens is 2. The van der Waals surface area contributed by atoms with E-state index in [-0.39, 0.29) is 17.6 Å². The molecule has 0 radical (unpaired) electrons. The Hall–Kier alpha value is -4.00. The standard InChI is InChI=1S/C31H28N6OS2/c32-17-22-29(40-19-25(38)35-23-13-7-11-21-12-8-16-34-27(21)23)37-28(33)26(31(22)14-5-2-6-15-31)30-36-24(18-39-30)20-9-3-1-4-10-20/h1,3-4,7-13,16,18,26H,2,5-6,14-15,19H2,(H2,33,37)(H,35,38). The third-order valence-electron chi connectivity index (χ3n) is 7.73. The van der Waals surface area contributed by atoms with Crippen molar-refractivity contribution in [3.8, 4) is 17.3 Å². The van der Waals surface area contributed by atoms with E-state index < -0.39 is 5.41 Å². The number of pyridine rings is 1. The topological polar surface area (TPSA) is 117 Å². The van der Waals surface area contributed by atoms with Crippen LogP contribution in [0.25, 0.3) is 22.2 Å². The number of benzene rings is 2. The van der Waals surface area contributed by atoms with Crippen molar-refractivity contribution in [2.75, 3.05) is 11.1 Å². The van der Waals surface area contributed by atoms with Crippen molar-refractivity contribution in [1.82, 2.24) is 9.97 Å². The summed E-state index contributed by atoms with van der Waals surface area (Å²) < 4.78 is 0. The number of para-hydroxylation sites is 1. The number of fused-ring (bicyclic) bond motifs is 1. The number of carbonyl (C=O) groups is 1. The number of allylic oxidation sites excluding steroid dienone is 1. The third-order valence-corrected chi connectivity index (χ3v) is 9.62. The number of nitrogens with zero attached hydrogens (tertiary/aromatic N) is 4. The summed E-state index contributed by atoms with van der Waals surface area (Å²) in [5.41, 5.74) is 10.2. The number of amidine groups is 1. The lowest BCUT2D eigenvalue weighted by Crippen LogP contribution is -2.43. The highest BCUT2D eigenvalue weighted by atomic mass is 32.2. The number of thioether (sulfide) groups is 1. The predicted molar refractivity (Wildman–Crippen MR) is 163 cm³/mol. The molecule has 1 atom stereocenters. The normalized spacial score (nSPS) is 18.4. The molecule has 3 N–H and O–H groups in total. The van der Waals surface area contributed by atoms with Crippen LogP contribution >= 0.6 is 23.1 Å². The number of hydrogen-bond donors (Lipinski definition) is 2. The molecule has 1 fully saturated rings. The quantitative estimate of drug-likeness (QED) is 0.264. The summed E-state index contributed by atoms with van der Waals surface area (Å²) in [7, 11) is 0. The second-order valence-electron chi connectivity index (χ2n) is 10.1. The van der Waals surface area contributed by atoms with E-state index >= 15 is 0 Å². The highest BCUT2D eigenvalue weighted by molar-refractivity contribution is 8.03. The Morgan fingerprint density at radius 3 is 2.70 bits per heavy atom. The number of thiazole rings is 1. The maximum Gasteiger partial charge on any atom is 0.234 e. The first kappa shape index (κ1) is 26.2. The Morgan fingerprint density at radius 1 is 1.10 bits per heavy atom. The molecule has 7 nitrogen and oxygen atoms in total. The van der Waals surface area contributed by atoms with Crippen molar-refractivity contribution in [2.45, 2.75) is 38.0 Å². The van der Waals surface area contributed by atoms with E-state index in [4.69, 9.17) is 15.7 Å². The number of carbonyl (C=O) groups excluding carboxylic acids is 1. The fraction of sp³-hybridized carbons (Fsp3) is 0.258. The average molecular weight is 565 g/mol. The van der Waals surface area contributed by atoms with E-state index in [1.165, 1.54) is 11.8 Å². The number of nitrogens with two attached hydrogens (primary N) is 1. The lowest BCUT2D eigenvalue weighted by Gasteiger charge is -2.44. The van der Waals surface area contributed by atoms with Gasteiger partial charge in [0.05, 0.1) is 40.2 Å². The molecular formula is C31H28N6OS2. The smallest absolute Gasteiger partial charge is 0.234 e. The van der Waals surface area contributed by atoms with Gasteiger partial charge >= 0.3 is 0 Å². The Morgan fingerprint density at radius 2 is 1.90 bits per heavy atom. The van der Waals surface area contributed by atoms with Crippen molar-refractivity contribution >= 4 is 51.4 Å². The van der Waals surface area contributed by atoms with Crippen molar-refractivity contribution in [2.24, 2.45) is 16.1 Å². The van der Waals surface area contributed by atoms with Crippen LogP contribution in [-0.4, -0.2) is 27.5 Å². The van der Waals surface area contributed by atoms with Gasteiger partial charge in [0.25, 0.3) is 0 Å². The van der Waals surface area contributed by atoms with E-state index in [2.05, 4.69) is 21.8 Å². The summed E-state index contributed by atoms with van der Waals surface area (Å²) in [6.07, 6.45) is 6.55. The Labute approximate surface area is 241 Å². The largest absolute Gasteiger partial charge is 0.387 e. The maximum absolute atomic E-state index is 13.0. The number of rotatable bonds is 6. The van der Waals surface area contributed by atoms with Crippen molar-refractivity contribution in [1.29, 1.82) is 5.26 Å². The summed E-state index contributed by atoms with van der Waals surface area (Å²) >= 11 is 2.85. The molecule has 1 aliphatic heterocycles. The van der Waals surface area contributed by atoms with Crippen LogP contribution in [0.15, 0.2) is 87.8 Å². The molecule has 200 valence electrons. The van der Waals surface area contributed by atoms with E-state index in [1.807, 2.05) is 60.7 Å². The second kappa shape index (κ2) is 11.2. The second-order valence-corrected chi connectivity index (χ2v) is 12.0. The van der Waals surface area contributed by atoms with Gasteiger partial charge < -0.3 is 11.1 Å². The number of anilines is 1. The van der Waals surface area contributed by atoms with Crippen molar-refractivity contribution in [3.63, 3.8) is 0 Å². The first-order chi connectivity index (χ1) is 19.6. The minimum Gasteiger partial charge on any atom is -0.387 e. The van der Waals surface area contributed by atoms with Gasteiger partial charge in [0.1, 0.15) is 15.9 Å². The lowest BCUT2D eigenvalue weighted by molar-refractivity contribution is -0.113. The van der Waals surface area contributed by atoms with Gasteiger partial charge in [-0.3, -0.25) is 9.78 Å². The van der Waals surface area contributed by atoms with Gasteiger partial charge in [0.15, 0.2) is 0 Å². The zero-order valence-corrected chi connectivity index (χ0v) is 23.5. The zero-order chi connectivity index (χ0) is 27.5. The lowest BCUT2D eigenvalue weighted by atomic mass is 9.61. The van der Waals surface area contributed by atoms with Gasteiger partial charge in [0.2, 0.25) is 5.91 Å². The maximum atomic E-state index is 13.0. The Kier molecular flexibility index (Phi) is 7.37. The average Bonchev–Trinajstić information content (AvgIpc) is 3.47. The monoisotopic (exact) mass is 564 g/mol. The molecule has 1 unspecified atom stereocenters. The van der Waals surface area contributed by atoms with Crippen LogP contribution in [0.3, 0.4) is 0 Å². The molecule has 40 heavy (non-hydrogen) atoms. The van der Waals surface area contributed by atoms with Crippen LogP contribution in [-0.2, 0) is 4.79 Å². The number of hydrogen-bond acceptors (Lipinski definition) is 8. The van der Waals surface area contributed by atoms with Crippen LogP contribution in [0.4, 0.5) is 5.69 Å². The number of amides is 1. The van der Waals surface area contributed by atoms with Crippen LogP contribution in [0, 0.1) is 16.7 Å².